The van der Waals surface area contributed by atoms with Crippen LogP contribution in [0, 0.1) is 6.92 Å². The molecule has 0 aromatic heterocycles. The minimum absolute atomic E-state index is 0.0480. The van der Waals surface area contributed by atoms with Gasteiger partial charge in [0.2, 0.25) is 0 Å². The second kappa shape index (κ2) is 9.46. The summed E-state index contributed by atoms with van der Waals surface area (Å²) in [5, 5.41) is 3.04. The number of aryl methyl sites for hydroxylation is 1. The summed E-state index contributed by atoms with van der Waals surface area (Å²) in [5.41, 5.74) is 18.9. The van der Waals surface area contributed by atoms with Crippen LogP contribution < -0.4 is 31.0 Å². The highest BCUT2D eigenvalue weighted by atomic mass is 28.3. The van der Waals surface area contributed by atoms with Crippen molar-refractivity contribution >= 4 is 64.7 Å². The van der Waals surface area contributed by atoms with E-state index in [1.54, 1.807) is 0 Å². The van der Waals surface area contributed by atoms with Gasteiger partial charge in [-0.15, -0.1) is 0 Å². The topological polar surface area (TPSA) is 6.48 Å². The van der Waals surface area contributed by atoms with Gasteiger partial charge in [-0.2, -0.15) is 0 Å². The lowest BCUT2D eigenvalue weighted by Gasteiger charge is -2.51. The number of para-hydroxylation sites is 3. The van der Waals surface area contributed by atoms with Crippen LogP contribution >= 0.6 is 0 Å². The number of hydrogen-bond acceptors (Lipinski definition) is 2. The Bertz CT molecular complexity index is 2410. The first-order valence-electron chi connectivity index (χ1n) is 17.8. The van der Waals surface area contributed by atoms with Crippen LogP contribution in [-0.4, -0.2) is 14.9 Å². The van der Waals surface area contributed by atoms with E-state index >= 15 is 0 Å². The molecule has 0 saturated heterocycles. The first-order chi connectivity index (χ1) is 23.5. The zero-order valence-electron chi connectivity index (χ0n) is 29.5. The maximum absolute atomic E-state index is 2.68. The number of benzene rings is 6. The summed E-state index contributed by atoms with van der Waals surface area (Å²) in [6.07, 6.45) is 0. The molecule has 3 heterocycles. The van der Waals surface area contributed by atoms with E-state index in [9.17, 15) is 0 Å². The number of nitrogens with zero attached hydrogens (tertiary/aromatic N) is 2. The van der Waals surface area contributed by atoms with E-state index in [-0.39, 0.29) is 17.7 Å². The van der Waals surface area contributed by atoms with Crippen molar-refractivity contribution in [2.24, 2.45) is 0 Å². The van der Waals surface area contributed by atoms with E-state index in [0.717, 1.165) is 0 Å². The molecule has 0 spiro atoms. The van der Waals surface area contributed by atoms with E-state index in [0.29, 0.717) is 0 Å². The molecule has 0 unspecified atom stereocenters. The van der Waals surface area contributed by atoms with Crippen molar-refractivity contribution in [2.45, 2.75) is 58.5 Å². The largest absolute Gasteiger partial charge is 0.376 e. The standard InChI is InChI=1S/C45H41BN2Si/c1-28-24-31-30-26-34-35(45(4,5)33-19-12-11-18-32(33)44(34,2)3)27-38(30)48(29-16-9-8-10-17-29)46-36-20-15-23-41-43(36)47(39(25-28)42(31)46)37-21-13-14-22-40(37)49(41,6)7/h8-27H,1-7H3. The Morgan fingerprint density at radius 3 is 1.92 bits per heavy atom. The molecule has 4 heteroatoms. The third-order valence-electron chi connectivity index (χ3n) is 12.5. The van der Waals surface area contributed by atoms with Crippen LogP contribution in [0.5, 0.6) is 0 Å². The lowest BCUT2D eigenvalue weighted by atomic mass is 9.43. The van der Waals surface area contributed by atoms with Gasteiger partial charge in [0.25, 0.3) is 0 Å². The Hall–Kier alpha value is -4.80. The molecule has 6 aromatic rings. The van der Waals surface area contributed by atoms with Gasteiger partial charge >= 0.3 is 6.85 Å². The molecule has 0 amide bonds. The minimum atomic E-state index is -1.98. The Morgan fingerprint density at radius 1 is 0.551 bits per heavy atom. The summed E-state index contributed by atoms with van der Waals surface area (Å²) in [7, 11) is -1.98. The molecule has 49 heavy (non-hydrogen) atoms. The molecular formula is C45H41BN2Si. The summed E-state index contributed by atoms with van der Waals surface area (Å²) in [6.45, 7) is 17.1. The monoisotopic (exact) mass is 648 g/mol. The Labute approximate surface area is 292 Å². The molecule has 1 aliphatic carbocycles. The van der Waals surface area contributed by atoms with Gasteiger partial charge in [-0.25, -0.2) is 0 Å². The van der Waals surface area contributed by atoms with Crippen LogP contribution in [0.4, 0.5) is 28.4 Å². The van der Waals surface area contributed by atoms with Crippen LogP contribution in [-0.2, 0) is 10.8 Å². The SMILES string of the molecule is Cc1cc2c3c(c1)N1c4ccccc4[Si](C)(C)c4cccc(c41)B3N(c1ccccc1)c1cc3c(cc1-2)C(C)(C)c1ccccc1C3(C)C. The Morgan fingerprint density at radius 2 is 1.18 bits per heavy atom. The van der Waals surface area contributed by atoms with Crippen molar-refractivity contribution in [3.63, 3.8) is 0 Å². The number of fused-ring (bicyclic) bond motifs is 8. The first kappa shape index (κ1) is 29.1. The minimum Gasteiger partial charge on any atom is -0.376 e. The van der Waals surface area contributed by atoms with Crippen molar-refractivity contribution in [2.75, 3.05) is 9.71 Å². The third-order valence-corrected chi connectivity index (χ3v) is 16.0. The molecule has 0 atom stereocenters. The third kappa shape index (κ3) is 3.58. The van der Waals surface area contributed by atoms with Crippen LogP contribution in [0.15, 0.2) is 121 Å². The van der Waals surface area contributed by atoms with E-state index in [1.165, 1.54) is 88.7 Å². The second-order valence-electron chi connectivity index (χ2n) is 16.3. The van der Waals surface area contributed by atoms with Crippen molar-refractivity contribution in [3.8, 4) is 11.1 Å². The highest BCUT2D eigenvalue weighted by Gasteiger charge is 2.51. The Kier molecular flexibility index (Phi) is 5.63. The van der Waals surface area contributed by atoms with Crippen LogP contribution in [0.1, 0.15) is 55.5 Å². The van der Waals surface area contributed by atoms with Crippen molar-refractivity contribution < 1.29 is 0 Å². The van der Waals surface area contributed by atoms with Crippen molar-refractivity contribution in [1.29, 1.82) is 0 Å². The number of rotatable bonds is 1. The normalized spacial score (nSPS) is 17.7. The summed E-state index contributed by atoms with van der Waals surface area (Å²) in [5.74, 6) is 0. The zero-order chi connectivity index (χ0) is 33.6. The molecule has 10 rings (SSSR count). The zero-order valence-corrected chi connectivity index (χ0v) is 30.5. The van der Waals surface area contributed by atoms with E-state index in [4.69, 9.17) is 0 Å². The van der Waals surface area contributed by atoms with Gasteiger partial charge in [-0.3, -0.25) is 0 Å². The van der Waals surface area contributed by atoms with E-state index in [1.807, 2.05) is 0 Å². The fourth-order valence-electron chi connectivity index (χ4n) is 10.1. The average Bonchev–Trinajstić information content (AvgIpc) is 3.10. The molecule has 0 N–H and O–H groups in total. The molecule has 0 bridgehead atoms. The fourth-order valence-corrected chi connectivity index (χ4v) is 13.1. The number of hydrogen-bond donors (Lipinski definition) is 0. The average molecular weight is 649 g/mol. The first-order valence-corrected chi connectivity index (χ1v) is 20.8. The molecule has 6 aromatic carbocycles. The summed E-state index contributed by atoms with van der Waals surface area (Å²) >= 11 is 0. The van der Waals surface area contributed by atoms with Crippen molar-refractivity contribution in [3.05, 3.63) is 149 Å². The predicted molar refractivity (Wildman–Crippen MR) is 212 cm³/mol. The van der Waals surface area contributed by atoms with Gasteiger partial charge in [0, 0.05) is 44.8 Å². The van der Waals surface area contributed by atoms with Gasteiger partial charge in [0.15, 0.2) is 0 Å². The summed E-state index contributed by atoms with van der Waals surface area (Å²) in [4.78, 5) is 5.32. The predicted octanol–water partition coefficient (Wildman–Crippen LogP) is 8.80. The molecule has 0 fully saturated rings. The fraction of sp³-hybridized carbons (Fsp3) is 0.200. The summed E-state index contributed by atoms with van der Waals surface area (Å²) in [6, 6.07) is 46.8. The quantitative estimate of drug-likeness (QED) is 0.165. The lowest BCUT2D eigenvalue weighted by Crippen LogP contribution is -2.67. The highest BCUT2D eigenvalue weighted by molar-refractivity contribution is 7.04. The maximum Gasteiger partial charge on any atom is 0.333 e. The van der Waals surface area contributed by atoms with Crippen molar-refractivity contribution in [1.82, 2.24) is 0 Å². The van der Waals surface area contributed by atoms with Crippen LogP contribution in [0.2, 0.25) is 13.1 Å². The molecular weight excluding hydrogens is 607 g/mol. The molecule has 4 aliphatic rings. The van der Waals surface area contributed by atoms with Crippen LogP contribution in [0.3, 0.4) is 0 Å². The molecule has 0 radical (unpaired) electrons. The van der Waals surface area contributed by atoms with Gasteiger partial charge in [0.05, 0.1) is 0 Å². The van der Waals surface area contributed by atoms with Gasteiger partial charge in [0.1, 0.15) is 8.07 Å². The second-order valence-corrected chi connectivity index (χ2v) is 20.6. The summed E-state index contributed by atoms with van der Waals surface area (Å²) < 4.78 is 0. The van der Waals surface area contributed by atoms with E-state index < -0.39 is 8.07 Å². The maximum atomic E-state index is 2.68. The van der Waals surface area contributed by atoms with E-state index in [2.05, 4.69) is 179 Å². The molecule has 2 nitrogen and oxygen atoms in total. The van der Waals surface area contributed by atoms with Crippen LogP contribution in [0.25, 0.3) is 11.1 Å². The van der Waals surface area contributed by atoms with Gasteiger partial charge in [-0.05, 0) is 98.0 Å². The molecule has 0 saturated carbocycles. The van der Waals surface area contributed by atoms with Gasteiger partial charge < -0.3 is 9.71 Å². The molecule has 3 aliphatic heterocycles. The number of anilines is 5. The smallest absolute Gasteiger partial charge is 0.333 e. The lowest BCUT2D eigenvalue weighted by molar-refractivity contribution is 0.521. The molecule has 238 valence electrons. The highest BCUT2D eigenvalue weighted by Crippen LogP contribution is 2.55. The van der Waals surface area contributed by atoms with Gasteiger partial charge in [-0.1, -0.05) is 126 Å². The Balaban J connectivity index is 1.35.